The Hall–Kier alpha value is -2.86. The van der Waals surface area contributed by atoms with E-state index in [1.807, 2.05) is 49.4 Å². The molecule has 0 radical (unpaired) electrons. The van der Waals surface area contributed by atoms with Crippen molar-refractivity contribution in [1.29, 1.82) is 0 Å². The fraction of sp³-hybridized carbons (Fsp3) is 0.391. The van der Waals surface area contributed by atoms with E-state index in [0.717, 1.165) is 11.1 Å². The van der Waals surface area contributed by atoms with Crippen molar-refractivity contribution in [3.05, 3.63) is 65.7 Å². The molecule has 1 atom stereocenters. The summed E-state index contributed by atoms with van der Waals surface area (Å²) in [7, 11) is 1.76. The van der Waals surface area contributed by atoms with Gasteiger partial charge in [0.25, 0.3) is 5.91 Å². The van der Waals surface area contributed by atoms with Crippen LogP contribution in [-0.4, -0.2) is 49.7 Å². The third kappa shape index (κ3) is 7.58. The first-order valence-electron chi connectivity index (χ1n) is 9.81. The van der Waals surface area contributed by atoms with Crippen LogP contribution in [0.4, 0.5) is 0 Å². The number of hydrogen-bond acceptors (Lipinski definition) is 5. The molecule has 0 unspecified atom stereocenters. The largest absolute Gasteiger partial charge is 0.484 e. The Morgan fingerprint density at radius 1 is 0.931 bits per heavy atom. The van der Waals surface area contributed by atoms with Crippen LogP contribution in [0, 0.1) is 0 Å². The Morgan fingerprint density at radius 3 is 2.24 bits per heavy atom. The summed E-state index contributed by atoms with van der Waals surface area (Å²) < 4.78 is 16.1. The molecular formula is C23H29NO5. The van der Waals surface area contributed by atoms with Crippen LogP contribution in [0.2, 0.25) is 0 Å². The van der Waals surface area contributed by atoms with Crippen molar-refractivity contribution in [3.63, 3.8) is 0 Å². The summed E-state index contributed by atoms with van der Waals surface area (Å²) in [6.45, 7) is 4.87. The standard InChI is InChI=1S/C23H29NO5/c1-4-27-21(23(26)28-5-2)15-18-11-13-20(14-12-18)29-17-22(25)24(3)16-19-9-7-6-8-10-19/h6-14,21H,4-5,15-17H2,1-3H3/t21-/m0/s1. The van der Waals surface area contributed by atoms with Gasteiger partial charge in [-0.25, -0.2) is 4.79 Å². The molecule has 1 amide bonds. The summed E-state index contributed by atoms with van der Waals surface area (Å²) in [6.07, 6.45) is -0.203. The fourth-order valence-corrected chi connectivity index (χ4v) is 2.78. The monoisotopic (exact) mass is 399 g/mol. The smallest absolute Gasteiger partial charge is 0.335 e. The quantitative estimate of drug-likeness (QED) is 0.543. The number of carbonyl (C=O) groups is 2. The maximum Gasteiger partial charge on any atom is 0.335 e. The van der Waals surface area contributed by atoms with Gasteiger partial charge in [0.1, 0.15) is 5.75 Å². The minimum Gasteiger partial charge on any atom is -0.484 e. The third-order valence-electron chi connectivity index (χ3n) is 4.31. The number of ether oxygens (including phenoxy) is 3. The van der Waals surface area contributed by atoms with E-state index in [9.17, 15) is 9.59 Å². The van der Waals surface area contributed by atoms with Crippen molar-refractivity contribution >= 4 is 11.9 Å². The van der Waals surface area contributed by atoms with Crippen LogP contribution in [0.1, 0.15) is 25.0 Å². The third-order valence-corrected chi connectivity index (χ3v) is 4.31. The highest BCUT2D eigenvalue weighted by atomic mass is 16.6. The van der Waals surface area contributed by atoms with Crippen LogP contribution in [0.3, 0.4) is 0 Å². The van der Waals surface area contributed by atoms with E-state index in [1.54, 1.807) is 31.0 Å². The average Bonchev–Trinajstić information content (AvgIpc) is 2.73. The van der Waals surface area contributed by atoms with Crippen LogP contribution in [0.15, 0.2) is 54.6 Å². The molecule has 0 heterocycles. The van der Waals surface area contributed by atoms with E-state index in [2.05, 4.69) is 0 Å². The van der Waals surface area contributed by atoms with Gasteiger partial charge in [-0.05, 0) is 37.1 Å². The molecule has 0 aromatic heterocycles. The molecule has 156 valence electrons. The highest BCUT2D eigenvalue weighted by Crippen LogP contribution is 2.15. The number of rotatable bonds is 11. The molecular weight excluding hydrogens is 370 g/mol. The lowest BCUT2D eigenvalue weighted by Gasteiger charge is -2.18. The Labute approximate surface area is 172 Å². The SMILES string of the molecule is CCOC(=O)[C@H](Cc1ccc(OCC(=O)N(C)Cc2ccccc2)cc1)OCC. The zero-order valence-electron chi connectivity index (χ0n) is 17.3. The zero-order valence-corrected chi connectivity index (χ0v) is 17.3. The number of esters is 1. The van der Waals surface area contributed by atoms with Gasteiger partial charge in [0.15, 0.2) is 12.7 Å². The van der Waals surface area contributed by atoms with Crippen LogP contribution >= 0.6 is 0 Å². The second-order valence-corrected chi connectivity index (χ2v) is 6.57. The minimum absolute atomic E-state index is 0.0346. The van der Waals surface area contributed by atoms with Crippen LogP contribution in [0.5, 0.6) is 5.75 Å². The van der Waals surface area contributed by atoms with Gasteiger partial charge in [-0.1, -0.05) is 42.5 Å². The second kappa shape index (κ2) is 11.9. The van der Waals surface area contributed by atoms with E-state index < -0.39 is 6.10 Å². The molecule has 0 fully saturated rings. The van der Waals surface area contributed by atoms with Gasteiger partial charge in [0, 0.05) is 26.6 Å². The molecule has 0 aliphatic heterocycles. The van der Waals surface area contributed by atoms with Crippen LogP contribution in [-0.2, 0) is 32.0 Å². The van der Waals surface area contributed by atoms with Gasteiger partial charge in [-0.15, -0.1) is 0 Å². The first-order chi connectivity index (χ1) is 14.0. The maximum atomic E-state index is 12.3. The summed E-state index contributed by atoms with van der Waals surface area (Å²) in [5.41, 5.74) is 1.99. The summed E-state index contributed by atoms with van der Waals surface area (Å²) in [6, 6.07) is 17.1. The maximum absolute atomic E-state index is 12.3. The number of benzene rings is 2. The first kappa shape index (κ1) is 22.4. The Bertz CT molecular complexity index is 761. The van der Waals surface area contributed by atoms with E-state index in [4.69, 9.17) is 14.2 Å². The normalized spacial score (nSPS) is 11.6. The van der Waals surface area contributed by atoms with Crippen molar-refractivity contribution in [2.45, 2.75) is 32.9 Å². The lowest BCUT2D eigenvalue weighted by atomic mass is 10.1. The summed E-state index contributed by atoms with van der Waals surface area (Å²) in [5, 5.41) is 0. The Kier molecular flexibility index (Phi) is 9.18. The van der Waals surface area contributed by atoms with Gasteiger partial charge in [-0.3, -0.25) is 4.79 Å². The number of carbonyl (C=O) groups excluding carboxylic acids is 2. The summed E-state index contributed by atoms with van der Waals surface area (Å²) in [5.74, 6) is 0.137. The van der Waals surface area contributed by atoms with Gasteiger partial charge < -0.3 is 19.1 Å². The van der Waals surface area contributed by atoms with E-state index in [-0.39, 0.29) is 18.5 Å². The highest BCUT2D eigenvalue weighted by Gasteiger charge is 2.20. The zero-order chi connectivity index (χ0) is 21.1. The van der Waals surface area contributed by atoms with Crippen molar-refractivity contribution in [3.8, 4) is 5.75 Å². The Morgan fingerprint density at radius 2 is 1.62 bits per heavy atom. The van der Waals surface area contributed by atoms with E-state index in [0.29, 0.717) is 31.9 Å². The van der Waals surface area contributed by atoms with Crippen molar-refractivity contribution < 1.29 is 23.8 Å². The molecule has 0 N–H and O–H groups in total. The van der Waals surface area contributed by atoms with E-state index in [1.165, 1.54) is 0 Å². The molecule has 0 spiro atoms. The number of amides is 1. The molecule has 0 bridgehead atoms. The molecule has 2 aromatic carbocycles. The molecule has 0 saturated carbocycles. The first-order valence-corrected chi connectivity index (χ1v) is 9.81. The highest BCUT2D eigenvalue weighted by molar-refractivity contribution is 5.77. The average molecular weight is 399 g/mol. The molecule has 0 saturated heterocycles. The van der Waals surface area contributed by atoms with Crippen molar-refractivity contribution in [2.75, 3.05) is 26.9 Å². The van der Waals surface area contributed by atoms with Gasteiger partial charge >= 0.3 is 5.97 Å². The molecule has 2 rings (SSSR count). The summed E-state index contributed by atoms with van der Waals surface area (Å²) >= 11 is 0. The fourth-order valence-electron chi connectivity index (χ4n) is 2.78. The number of likely N-dealkylation sites (N-methyl/N-ethyl adjacent to an activating group) is 1. The summed E-state index contributed by atoms with van der Waals surface area (Å²) in [4.78, 5) is 25.9. The molecule has 6 heteroatoms. The molecule has 2 aromatic rings. The predicted octanol–water partition coefficient (Wildman–Crippen LogP) is 3.23. The number of nitrogens with zero attached hydrogens (tertiary/aromatic N) is 1. The lowest BCUT2D eigenvalue weighted by Crippen LogP contribution is -2.31. The predicted molar refractivity (Wildman–Crippen MR) is 111 cm³/mol. The van der Waals surface area contributed by atoms with Crippen molar-refractivity contribution in [2.24, 2.45) is 0 Å². The molecule has 29 heavy (non-hydrogen) atoms. The molecule has 0 aliphatic carbocycles. The van der Waals surface area contributed by atoms with Crippen LogP contribution in [0.25, 0.3) is 0 Å². The topological polar surface area (TPSA) is 65.1 Å². The van der Waals surface area contributed by atoms with Crippen molar-refractivity contribution in [1.82, 2.24) is 4.90 Å². The van der Waals surface area contributed by atoms with Gasteiger partial charge in [0.2, 0.25) is 0 Å². The second-order valence-electron chi connectivity index (χ2n) is 6.57. The molecule has 0 aliphatic rings. The Balaban J connectivity index is 1.84. The van der Waals surface area contributed by atoms with E-state index >= 15 is 0 Å². The molecule has 6 nitrogen and oxygen atoms in total. The minimum atomic E-state index is -0.625. The van der Waals surface area contributed by atoms with Gasteiger partial charge in [-0.2, -0.15) is 0 Å². The lowest BCUT2D eigenvalue weighted by molar-refractivity contribution is -0.156. The number of hydrogen-bond donors (Lipinski definition) is 0. The van der Waals surface area contributed by atoms with Crippen LogP contribution < -0.4 is 4.74 Å². The van der Waals surface area contributed by atoms with Gasteiger partial charge in [0.05, 0.1) is 6.61 Å².